The third-order valence-electron chi connectivity index (χ3n) is 5.82. The maximum atomic E-state index is 13.5. The number of nitrogens with zero attached hydrogens (tertiary/aromatic N) is 4. The van der Waals surface area contributed by atoms with Crippen molar-refractivity contribution in [3.05, 3.63) is 24.3 Å². The average molecular weight is 476 g/mol. The monoisotopic (exact) mass is 475 g/mol. The van der Waals surface area contributed by atoms with Crippen molar-refractivity contribution < 1.29 is 9.13 Å². The molecule has 1 aliphatic carbocycles. The number of pyridine rings is 1. The molecule has 32 heavy (non-hydrogen) atoms. The molecule has 0 spiro atoms. The number of thioether (sulfide) groups is 1. The van der Waals surface area contributed by atoms with Gasteiger partial charge >= 0.3 is 0 Å². The molecule has 3 heterocycles. The first-order chi connectivity index (χ1) is 15.4. The number of ether oxygens (including phenoxy) is 1. The Balaban J connectivity index is 1.67. The number of imidazole rings is 1. The third-order valence-corrected chi connectivity index (χ3v) is 7.70. The number of halogens is 1. The molecule has 8 nitrogen and oxygen atoms in total. The fourth-order valence-electron chi connectivity index (χ4n) is 3.62. The molecule has 0 aromatic carbocycles. The highest BCUT2D eigenvalue weighted by atomic mass is 32.2. The summed E-state index contributed by atoms with van der Waals surface area (Å²) in [4.78, 5) is 7.63. The number of anilines is 1. The second-order valence-corrected chi connectivity index (χ2v) is 10.1. The van der Waals surface area contributed by atoms with Gasteiger partial charge in [-0.15, -0.1) is 0 Å². The number of rotatable bonds is 7. The maximum Gasteiger partial charge on any atom is 0.169 e. The fourth-order valence-corrected chi connectivity index (χ4v) is 5.14. The van der Waals surface area contributed by atoms with Gasteiger partial charge in [-0.2, -0.15) is 5.26 Å². The number of hydrogen-bond acceptors (Lipinski definition) is 9. The van der Waals surface area contributed by atoms with Crippen LogP contribution in [0.1, 0.15) is 38.4 Å². The molecule has 4 rings (SSSR count). The Bertz CT molecular complexity index is 1070. The quantitative estimate of drug-likeness (QED) is 0.315. The van der Waals surface area contributed by atoms with Gasteiger partial charge < -0.3 is 9.64 Å². The van der Waals surface area contributed by atoms with E-state index in [2.05, 4.69) is 26.7 Å². The predicted octanol–water partition coefficient (Wildman–Crippen LogP) is 4.00. The minimum Gasteiger partial charge on any atom is -0.381 e. The van der Waals surface area contributed by atoms with Crippen LogP contribution in [0.25, 0.3) is 5.52 Å². The minimum absolute atomic E-state index is 0.0225. The van der Waals surface area contributed by atoms with Gasteiger partial charge in [0.15, 0.2) is 5.82 Å². The number of piperidine rings is 1. The van der Waals surface area contributed by atoms with Crippen LogP contribution in [0.5, 0.6) is 0 Å². The summed E-state index contributed by atoms with van der Waals surface area (Å²) >= 11 is 2.18. The smallest absolute Gasteiger partial charge is 0.169 e. The number of fused-ring (bicyclic) bond motifs is 1. The van der Waals surface area contributed by atoms with Gasteiger partial charge in [-0.3, -0.25) is 15.2 Å². The topological polar surface area (TPSA) is 113 Å². The summed E-state index contributed by atoms with van der Waals surface area (Å²) in [6.45, 7) is 2.97. The second kappa shape index (κ2) is 9.39. The van der Waals surface area contributed by atoms with Crippen LogP contribution in [0.2, 0.25) is 0 Å². The van der Waals surface area contributed by atoms with E-state index >= 15 is 0 Å². The van der Waals surface area contributed by atoms with E-state index in [1.165, 1.54) is 18.9 Å². The molecule has 3 N–H and O–H groups in total. The van der Waals surface area contributed by atoms with E-state index in [4.69, 9.17) is 15.6 Å². The Morgan fingerprint density at radius 2 is 2.12 bits per heavy atom. The summed E-state index contributed by atoms with van der Waals surface area (Å²) in [6.07, 6.45) is 5.94. The van der Waals surface area contributed by atoms with Crippen molar-refractivity contribution in [1.82, 2.24) is 14.1 Å². The summed E-state index contributed by atoms with van der Waals surface area (Å²) in [7, 11) is 1.74. The van der Waals surface area contributed by atoms with E-state index in [1.54, 1.807) is 13.3 Å². The molecule has 1 atom stereocenters. The highest BCUT2D eigenvalue weighted by molar-refractivity contribution is 8.26. The van der Waals surface area contributed by atoms with Gasteiger partial charge in [0.25, 0.3) is 0 Å². The Labute approximate surface area is 195 Å². The zero-order chi connectivity index (χ0) is 22.9. The number of nitriles is 1. The van der Waals surface area contributed by atoms with Gasteiger partial charge in [0.2, 0.25) is 0 Å². The standard InChI is InChI=1S/C21H26FN7OS2/c1-13(22)18(24)31-19(25)20-26-10-17-16(28-7-3-14(30-2)4-8-28)9-15(11-29(17)20)32-27-21(12-23)5-6-21/h9-11,13-14,24-25,27H,3-8H2,1-2H3. The molecule has 1 saturated heterocycles. The summed E-state index contributed by atoms with van der Waals surface area (Å²) in [5.74, 6) is 0.368. The minimum atomic E-state index is -1.43. The number of alkyl halides is 1. The van der Waals surface area contributed by atoms with Crippen LogP contribution >= 0.6 is 23.7 Å². The Morgan fingerprint density at radius 3 is 2.72 bits per heavy atom. The van der Waals surface area contributed by atoms with Crippen LogP contribution < -0.4 is 9.62 Å². The molecule has 0 radical (unpaired) electrons. The van der Waals surface area contributed by atoms with Crippen molar-refractivity contribution in [3.8, 4) is 6.07 Å². The lowest BCUT2D eigenvalue weighted by Crippen LogP contribution is -2.36. The molecule has 1 saturated carbocycles. The van der Waals surface area contributed by atoms with E-state index in [0.29, 0.717) is 5.82 Å². The lowest BCUT2D eigenvalue weighted by Gasteiger charge is -2.33. The lowest BCUT2D eigenvalue weighted by molar-refractivity contribution is 0.0819. The van der Waals surface area contributed by atoms with Crippen LogP contribution in [0.4, 0.5) is 10.1 Å². The highest BCUT2D eigenvalue weighted by Crippen LogP contribution is 2.39. The van der Waals surface area contributed by atoms with Gasteiger partial charge in [-0.25, -0.2) is 14.1 Å². The molecular formula is C21H26FN7OS2. The van der Waals surface area contributed by atoms with Crippen LogP contribution in [-0.2, 0) is 4.74 Å². The van der Waals surface area contributed by atoms with E-state index in [0.717, 1.165) is 66.6 Å². The van der Waals surface area contributed by atoms with E-state index in [-0.39, 0.29) is 16.2 Å². The van der Waals surface area contributed by atoms with Crippen LogP contribution in [0, 0.1) is 22.1 Å². The Morgan fingerprint density at radius 1 is 1.41 bits per heavy atom. The van der Waals surface area contributed by atoms with E-state index in [9.17, 15) is 9.65 Å². The van der Waals surface area contributed by atoms with E-state index in [1.807, 2.05) is 10.6 Å². The second-order valence-electron chi connectivity index (χ2n) is 8.13. The van der Waals surface area contributed by atoms with Crippen molar-refractivity contribution in [2.24, 2.45) is 0 Å². The third kappa shape index (κ3) is 4.78. The molecule has 2 aliphatic rings. The fraction of sp³-hybridized carbons (Fsp3) is 0.524. The maximum absolute atomic E-state index is 13.5. The molecular weight excluding hydrogens is 449 g/mol. The number of nitrogens with one attached hydrogen (secondary N) is 3. The van der Waals surface area contributed by atoms with Gasteiger partial charge in [0.05, 0.1) is 29.6 Å². The van der Waals surface area contributed by atoms with Crippen LogP contribution in [0.15, 0.2) is 23.4 Å². The average Bonchev–Trinajstić information content (AvgIpc) is 3.46. The van der Waals surface area contributed by atoms with E-state index < -0.39 is 11.7 Å². The molecule has 170 valence electrons. The first-order valence-electron chi connectivity index (χ1n) is 10.5. The predicted molar refractivity (Wildman–Crippen MR) is 127 cm³/mol. The molecule has 1 aliphatic heterocycles. The zero-order valence-corrected chi connectivity index (χ0v) is 19.7. The van der Waals surface area contributed by atoms with Gasteiger partial charge in [0, 0.05) is 31.3 Å². The first kappa shape index (κ1) is 23.0. The summed E-state index contributed by atoms with van der Waals surface area (Å²) in [5, 5.41) is 25.4. The zero-order valence-electron chi connectivity index (χ0n) is 18.0. The van der Waals surface area contributed by atoms with Crippen molar-refractivity contribution in [2.75, 3.05) is 25.1 Å². The molecule has 11 heteroatoms. The van der Waals surface area contributed by atoms with Crippen molar-refractivity contribution in [2.45, 2.75) is 55.3 Å². The number of aromatic nitrogens is 2. The van der Waals surface area contributed by atoms with Gasteiger partial charge in [-0.1, -0.05) is 0 Å². The molecule has 0 bridgehead atoms. The first-order valence-corrected chi connectivity index (χ1v) is 12.1. The molecule has 1 unspecified atom stereocenters. The van der Waals surface area contributed by atoms with Crippen LogP contribution in [0.3, 0.4) is 0 Å². The van der Waals surface area contributed by atoms with Crippen molar-refractivity contribution >= 4 is 45.0 Å². The summed E-state index contributed by atoms with van der Waals surface area (Å²) < 4.78 is 24.1. The van der Waals surface area contributed by atoms with Gasteiger partial charge in [-0.05, 0) is 62.4 Å². The molecule has 2 fully saturated rings. The SMILES string of the molecule is COC1CCN(c2cc(SNC3(C#N)CC3)cn3c(C(=N)SC(=N)C(C)F)ncc23)CC1. The van der Waals surface area contributed by atoms with Crippen LogP contribution in [-0.4, -0.2) is 57.5 Å². The molecule has 0 amide bonds. The highest BCUT2D eigenvalue weighted by Gasteiger charge is 2.43. The van der Waals surface area contributed by atoms with Crippen molar-refractivity contribution in [3.63, 3.8) is 0 Å². The summed E-state index contributed by atoms with van der Waals surface area (Å²) in [5.41, 5.74) is 1.38. The molecule has 2 aromatic heterocycles. The Kier molecular flexibility index (Phi) is 6.76. The normalized spacial score (nSPS) is 19.0. The number of methoxy groups -OCH3 is 1. The molecule has 2 aromatic rings. The summed E-state index contributed by atoms with van der Waals surface area (Å²) in [6, 6.07) is 4.42. The van der Waals surface area contributed by atoms with Crippen molar-refractivity contribution in [1.29, 1.82) is 16.1 Å². The number of hydrogen-bond donors (Lipinski definition) is 3. The Hall–Kier alpha value is -2.13. The van der Waals surface area contributed by atoms with Gasteiger partial charge in [0.1, 0.15) is 21.8 Å². The largest absolute Gasteiger partial charge is 0.381 e. The lowest BCUT2D eigenvalue weighted by atomic mass is 10.1.